The van der Waals surface area contributed by atoms with E-state index in [1.807, 2.05) is 13.8 Å². The fraction of sp³-hybridized carbons (Fsp3) is 0.846. The zero-order valence-corrected chi connectivity index (χ0v) is 12.5. The van der Waals surface area contributed by atoms with E-state index in [0.29, 0.717) is 13.2 Å². The fourth-order valence-corrected chi connectivity index (χ4v) is 1.70. The van der Waals surface area contributed by atoms with Crippen LogP contribution in [0.15, 0.2) is 0 Å². The molecule has 112 valence electrons. The molecule has 0 saturated carbocycles. The maximum Gasteiger partial charge on any atom is 0.320 e. The van der Waals surface area contributed by atoms with Crippen LogP contribution in [0.3, 0.4) is 0 Å². The SMILES string of the molecule is CCC(C)N(CCOC)C(=O)N(C)CC(C)C(=O)O. The Kier molecular flexibility index (Phi) is 8.14. The van der Waals surface area contributed by atoms with Gasteiger partial charge < -0.3 is 19.6 Å². The number of ether oxygens (including phenoxy) is 1. The van der Waals surface area contributed by atoms with E-state index in [-0.39, 0.29) is 18.6 Å². The van der Waals surface area contributed by atoms with E-state index in [0.717, 1.165) is 6.42 Å². The monoisotopic (exact) mass is 274 g/mol. The molecule has 0 radical (unpaired) electrons. The Morgan fingerprint density at radius 3 is 2.32 bits per heavy atom. The molecule has 0 bridgehead atoms. The number of carboxylic acids is 1. The summed E-state index contributed by atoms with van der Waals surface area (Å²) in [6.07, 6.45) is 0.845. The highest BCUT2D eigenvalue weighted by atomic mass is 16.5. The van der Waals surface area contributed by atoms with E-state index < -0.39 is 11.9 Å². The number of methoxy groups -OCH3 is 1. The molecule has 0 aliphatic heterocycles. The van der Waals surface area contributed by atoms with E-state index >= 15 is 0 Å². The molecule has 0 heterocycles. The number of carboxylic acid groups (broad SMARTS) is 1. The van der Waals surface area contributed by atoms with Crippen molar-refractivity contribution < 1.29 is 19.4 Å². The first-order chi connectivity index (χ1) is 8.84. The van der Waals surface area contributed by atoms with Gasteiger partial charge >= 0.3 is 12.0 Å². The van der Waals surface area contributed by atoms with Gasteiger partial charge in [0.25, 0.3) is 0 Å². The van der Waals surface area contributed by atoms with Gasteiger partial charge in [-0.1, -0.05) is 13.8 Å². The van der Waals surface area contributed by atoms with Gasteiger partial charge in [0.2, 0.25) is 0 Å². The highest BCUT2D eigenvalue weighted by Crippen LogP contribution is 2.09. The smallest absolute Gasteiger partial charge is 0.320 e. The molecule has 2 atom stereocenters. The number of hydrogen-bond donors (Lipinski definition) is 1. The van der Waals surface area contributed by atoms with Crippen molar-refractivity contribution in [3.63, 3.8) is 0 Å². The van der Waals surface area contributed by atoms with Crippen molar-refractivity contribution in [3.8, 4) is 0 Å². The number of carbonyl (C=O) groups excluding carboxylic acids is 1. The molecule has 0 rings (SSSR count). The summed E-state index contributed by atoms with van der Waals surface area (Å²) in [4.78, 5) is 26.3. The molecule has 0 aliphatic carbocycles. The Balaban J connectivity index is 4.63. The largest absolute Gasteiger partial charge is 0.481 e. The predicted molar refractivity (Wildman–Crippen MR) is 73.2 cm³/mol. The number of nitrogens with zero attached hydrogens (tertiary/aromatic N) is 2. The summed E-state index contributed by atoms with van der Waals surface area (Å²) < 4.78 is 5.01. The molecule has 19 heavy (non-hydrogen) atoms. The van der Waals surface area contributed by atoms with Gasteiger partial charge in [-0.25, -0.2) is 4.79 Å². The van der Waals surface area contributed by atoms with Crippen molar-refractivity contribution in [2.45, 2.75) is 33.2 Å². The third-order valence-electron chi connectivity index (χ3n) is 3.20. The van der Waals surface area contributed by atoms with Crippen LogP contribution in [-0.4, -0.2) is 66.8 Å². The quantitative estimate of drug-likeness (QED) is 0.728. The van der Waals surface area contributed by atoms with Crippen LogP contribution in [0.4, 0.5) is 4.79 Å². The van der Waals surface area contributed by atoms with Crippen LogP contribution in [0, 0.1) is 5.92 Å². The number of urea groups is 1. The standard InChI is InChI=1S/C13H26N2O4/c1-6-11(3)15(7-8-19-5)13(18)14(4)9-10(2)12(16)17/h10-11H,6-9H2,1-5H3,(H,16,17). The molecule has 2 amide bonds. The molecule has 0 spiro atoms. The van der Waals surface area contributed by atoms with Gasteiger partial charge in [0, 0.05) is 33.3 Å². The topological polar surface area (TPSA) is 70.1 Å². The number of rotatable bonds is 8. The summed E-state index contributed by atoms with van der Waals surface area (Å²) >= 11 is 0. The number of hydrogen-bond acceptors (Lipinski definition) is 3. The maximum atomic E-state index is 12.3. The first-order valence-electron chi connectivity index (χ1n) is 6.58. The van der Waals surface area contributed by atoms with Crippen molar-refractivity contribution in [1.29, 1.82) is 0 Å². The van der Waals surface area contributed by atoms with Crippen molar-refractivity contribution in [3.05, 3.63) is 0 Å². The third kappa shape index (κ3) is 5.92. The highest BCUT2D eigenvalue weighted by Gasteiger charge is 2.24. The second kappa shape index (κ2) is 8.74. The van der Waals surface area contributed by atoms with Crippen molar-refractivity contribution >= 4 is 12.0 Å². The van der Waals surface area contributed by atoms with Gasteiger partial charge in [-0.05, 0) is 13.3 Å². The van der Waals surface area contributed by atoms with Gasteiger partial charge in [0.05, 0.1) is 12.5 Å². The van der Waals surface area contributed by atoms with E-state index in [1.54, 1.807) is 26.0 Å². The van der Waals surface area contributed by atoms with E-state index in [2.05, 4.69) is 0 Å². The van der Waals surface area contributed by atoms with Crippen molar-refractivity contribution in [2.75, 3.05) is 33.9 Å². The van der Waals surface area contributed by atoms with Gasteiger partial charge in [-0.3, -0.25) is 4.79 Å². The molecule has 0 aliphatic rings. The lowest BCUT2D eigenvalue weighted by atomic mass is 10.2. The minimum Gasteiger partial charge on any atom is -0.481 e. The lowest BCUT2D eigenvalue weighted by Gasteiger charge is -2.33. The van der Waals surface area contributed by atoms with E-state index in [4.69, 9.17) is 9.84 Å². The molecule has 0 aromatic rings. The maximum absolute atomic E-state index is 12.3. The van der Waals surface area contributed by atoms with Crippen LogP contribution in [-0.2, 0) is 9.53 Å². The Hall–Kier alpha value is -1.30. The molecule has 6 nitrogen and oxygen atoms in total. The van der Waals surface area contributed by atoms with Crippen LogP contribution < -0.4 is 0 Å². The van der Waals surface area contributed by atoms with Gasteiger partial charge in [0.15, 0.2) is 0 Å². The molecule has 0 aromatic carbocycles. The van der Waals surface area contributed by atoms with Gasteiger partial charge in [-0.2, -0.15) is 0 Å². The first-order valence-corrected chi connectivity index (χ1v) is 6.58. The zero-order valence-electron chi connectivity index (χ0n) is 12.5. The second-order valence-electron chi connectivity index (χ2n) is 4.85. The van der Waals surface area contributed by atoms with Crippen LogP contribution in [0.1, 0.15) is 27.2 Å². The predicted octanol–water partition coefficient (Wildman–Crippen LogP) is 1.51. The summed E-state index contributed by atoms with van der Waals surface area (Å²) in [6, 6.07) is -0.0512. The second-order valence-corrected chi connectivity index (χ2v) is 4.85. The molecule has 2 unspecified atom stereocenters. The normalized spacial score (nSPS) is 13.7. The average Bonchev–Trinajstić information content (AvgIpc) is 2.37. The Bertz CT molecular complexity index is 296. The number of aliphatic carboxylic acids is 1. The van der Waals surface area contributed by atoms with Crippen molar-refractivity contribution in [2.24, 2.45) is 5.92 Å². The highest BCUT2D eigenvalue weighted by molar-refractivity contribution is 5.76. The molecule has 6 heteroatoms. The van der Waals surface area contributed by atoms with Crippen molar-refractivity contribution in [1.82, 2.24) is 9.80 Å². The minimum absolute atomic E-state index is 0.102. The van der Waals surface area contributed by atoms with E-state index in [9.17, 15) is 9.59 Å². The molecular weight excluding hydrogens is 248 g/mol. The minimum atomic E-state index is -0.897. The summed E-state index contributed by atoms with van der Waals surface area (Å²) in [5, 5.41) is 8.88. The third-order valence-corrected chi connectivity index (χ3v) is 3.20. The Morgan fingerprint density at radius 1 is 1.32 bits per heavy atom. The van der Waals surface area contributed by atoms with Crippen LogP contribution >= 0.6 is 0 Å². The molecular formula is C13H26N2O4. The fourth-order valence-electron chi connectivity index (χ4n) is 1.70. The van der Waals surface area contributed by atoms with Crippen LogP contribution in [0.25, 0.3) is 0 Å². The Labute approximate surface area is 115 Å². The lowest BCUT2D eigenvalue weighted by Crippen LogP contribution is -2.48. The summed E-state index contributed by atoms with van der Waals surface area (Å²) in [5.74, 6) is -1.47. The molecule has 1 N–H and O–H groups in total. The average molecular weight is 274 g/mol. The number of carbonyl (C=O) groups is 2. The lowest BCUT2D eigenvalue weighted by molar-refractivity contribution is -0.141. The van der Waals surface area contributed by atoms with Gasteiger partial charge in [0.1, 0.15) is 0 Å². The van der Waals surface area contributed by atoms with Crippen LogP contribution in [0.2, 0.25) is 0 Å². The van der Waals surface area contributed by atoms with E-state index in [1.165, 1.54) is 4.90 Å². The Morgan fingerprint density at radius 2 is 1.89 bits per heavy atom. The number of amides is 2. The summed E-state index contributed by atoms with van der Waals surface area (Å²) in [7, 11) is 3.22. The molecule has 0 saturated heterocycles. The van der Waals surface area contributed by atoms with Gasteiger partial charge in [-0.15, -0.1) is 0 Å². The van der Waals surface area contributed by atoms with Crippen LogP contribution in [0.5, 0.6) is 0 Å². The first kappa shape index (κ1) is 17.7. The summed E-state index contributed by atoms with van der Waals surface area (Å²) in [6.45, 7) is 6.76. The zero-order chi connectivity index (χ0) is 15.0. The summed E-state index contributed by atoms with van der Waals surface area (Å²) in [5.41, 5.74) is 0. The molecule has 0 fully saturated rings. The molecule has 0 aromatic heterocycles.